The fraction of sp³-hybridized carbons (Fsp3) is 0.286. The zero-order valence-corrected chi connectivity index (χ0v) is 19.4. The molecule has 3 aromatic carbocycles. The Morgan fingerprint density at radius 3 is 2.71 bits per heavy atom. The summed E-state index contributed by atoms with van der Waals surface area (Å²) < 4.78 is 5.96. The van der Waals surface area contributed by atoms with Gasteiger partial charge in [0.1, 0.15) is 23.6 Å². The SMILES string of the molecule is Cc1cccc(Oc2ccc(Nc3ncnc4ccc(CCC5(O)CCCNC5)cc34)cc2)c1. The molecule has 0 spiro atoms. The van der Waals surface area contributed by atoms with Gasteiger partial charge in [-0.15, -0.1) is 0 Å². The monoisotopic (exact) mass is 454 g/mol. The average Bonchev–Trinajstić information content (AvgIpc) is 2.85. The summed E-state index contributed by atoms with van der Waals surface area (Å²) in [5.74, 6) is 2.36. The van der Waals surface area contributed by atoms with Crippen LogP contribution in [0, 0.1) is 6.92 Å². The molecule has 5 rings (SSSR count). The molecule has 1 fully saturated rings. The van der Waals surface area contributed by atoms with Gasteiger partial charge in [-0.2, -0.15) is 0 Å². The van der Waals surface area contributed by atoms with Crippen molar-refractivity contribution < 1.29 is 9.84 Å². The Kier molecular flexibility index (Phi) is 6.43. The van der Waals surface area contributed by atoms with Gasteiger partial charge in [0.25, 0.3) is 0 Å². The predicted molar refractivity (Wildman–Crippen MR) is 136 cm³/mol. The van der Waals surface area contributed by atoms with Crippen LogP contribution in [-0.2, 0) is 6.42 Å². The molecule has 6 heteroatoms. The van der Waals surface area contributed by atoms with Crippen molar-refractivity contribution in [2.75, 3.05) is 18.4 Å². The molecule has 1 aromatic heterocycles. The second kappa shape index (κ2) is 9.79. The van der Waals surface area contributed by atoms with E-state index in [0.29, 0.717) is 6.54 Å². The molecule has 1 atom stereocenters. The number of hydrogen-bond donors (Lipinski definition) is 3. The molecule has 1 aliphatic heterocycles. The van der Waals surface area contributed by atoms with Gasteiger partial charge in [-0.05, 0) is 98.8 Å². The van der Waals surface area contributed by atoms with Crippen LogP contribution in [0.3, 0.4) is 0 Å². The molecule has 0 aliphatic carbocycles. The molecule has 0 bridgehead atoms. The number of rotatable bonds is 7. The quantitative estimate of drug-likeness (QED) is 0.341. The molecule has 0 radical (unpaired) electrons. The van der Waals surface area contributed by atoms with Crippen molar-refractivity contribution in [3.05, 3.63) is 84.2 Å². The van der Waals surface area contributed by atoms with Gasteiger partial charge in [0.05, 0.1) is 11.1 Å². The van der Waals surface area contributed by atoms with Gasteiger partial charge in [0, 0.05) is 17.6 Å². The lowest BCUT2D eigenvalue weighted by Crippen LogP contribution is -2.45. The fourth-order valence-electron chi connectivity index (χ4n) is 4.46. The molecular formula is C28H30N4O2. The first-order valence-corrected chi connectivity index (χ1v) is 11.8. The zero-order valence-electron chi connectivity index (χ0n) is 19.4. The highest BCUT2D eigenvalue weighted by molar-refractivity contribution is 5.91. The number of β-amino-alcohol motifs (C(OH)–C–C–N with tert-alkyl or cyclic N) is 1. The van der Waals surface area contributed by atoms with E-state index in [-0.39, 0.29) is 0 Å². The summed E-state index contributed by atoms with van der Waals surface area (Å²) >= 11 is 0. The summed E-state index contributed by atoms with van der Waals surface area (Å²) in [4.78, 5) is 8.92. The number of aryl methyl sites for hydroxylation is 2. The van der Waals surface area contributed by atoms with Gasteiger partial charge in [-0.25, -0.2) is 9.97 Å². The fourth-order valence-corrected chi connectivity index (χ4v) is 4.46. The van der Waals surface area contributed by atoms with Gasteiger partial charge in [-0.3, -0.25) is 0 Å². The van der Waals surface area contributed by atoms with Crippen LogP contribution in [0.2, 0.25) is 0 Å². The summed E-state index contributed by atoms with van der Waals surface area (Å²) in [5, 5.41) is 18.5. The summed E-state index contributed by atoms with van der Waals surface area (Å²) in [6.45, 7) is 3.70. The Balaban J connectivity index is 1.30. The zero-order chi connectivity index (χ0) is 23.4. The number of nitrogens with one attached hydrogen (secondary N) is 2. The summed E-state index contributed by atoms with van der Waals surface area (Å²) in [7, 11) is 0. The van der Waals surface area contributed by atoms with Crippen molar-refractivity contribution in [1.82, 2.24) is 15.3 Å². The Labute approximate surface area is 200 Å². The highest BCUT2D eigenvalue weighted by atomic mass is 16.5. The summed E-state index contributed by atoms with van der Waals surface area (Å²) in [6.07, 6.45) is 5.01. The maximum Gasteiger partial charge on any atom is 0.141 e. The van der Waals surface area contributed by atoms with Crippen LogP contribution in [0.4, 0.5) is 11.5 Å². The average molecular weight is 455 g/mol. The second-order valence-corrected chi connectivity index (χ2v) is 9.15. The van der Waals surface area contributed by atoms with Crippen molar-refractivity contribution in [2.45, 2.75) is 38.2 Å². The maximum atomic E-state index is 10.8. The third-order valence-corrected chi connectivity index (χ3v) is 6.37. The number of fused-ring (bicyclic) bond motifs is 1. The van der Waals surface area contributed by atoms with Gasteiger partial charge < -0.3 is 20.5 Å². The van der Waals surface area contributed by atoms with E-state index in [4.69, 9.17) is 4.74 Å². The normalized spacial score (nSPS) is 18.1. The van der Waals surface area contributed by atoms with E-state index < -0.39 is 5.60 Å². The number of piperidine rings is 1. The van der Waals surface area contributed by atoms with E-state index in [0.717, 1.165) is 71.7 Å². The Morgan fingerprint density at radius 2 is 1.91 bits per heavy atom. The minimum absolute atomic E-state index is 0.621. The first-order valence-electron chi connectivity index (χ1n) is 11.8. The molecule has 3 N–H and O–H groups in total. The lowest BCUT2D eigenvalue weighted by molar-refractivity contribution is 0.00889. The van der Waals surface area contributed by atoms with Crippen LogP contribution in [0.5, 0.6) is 11.5 Å². The molecule has 1 unspecified atom stereocenters. The lowest BCUT2D eigenvalue weighted by atomic mass is 9.88. The minimum Gasteiger partial charge on any atom is -0.457 e. The number of benzene rings is 3. The van der Waals surface area contributed by atoms with Crippen molar-refractivity contribution in [3.8, 4) is 11.5 Å². The van der Waals surface area contributed by atoms with E-state index >= 15 is 0 Å². The van der Waals surface area contributed by atoms with Crippen molar-refractivity contribution in [3.63, 3.8) is 0 Å². The number of aromatic nitrogens is 2. The van der Waals surface area contributed by atoms with E-state index in [1.807, 2.05) is 61.5 Å². The third-order valence-electron chi connectivity index (χ3n) is 6.37. The maximum absolute atomic E-state index is 10.8. The Morgan fingerprint density at radius 1 is 1.03 bits per heavy atom. The largest absolute Gasteiger partial charge is 0.457 e. The predicted octanol–water partition coefficient (Wildman–Crippen LogP) is 5.52. The van der Waals surface area contributed by atoms with Crippen LogP contribution in [-0.4, -0.2) is 33.8 Å². The first-order chi connectivity index (χ1) is 16.6. The van der Waals surface area contributed by atoms with Gasteiger partial charge >= 0.3 is 0 Å². The van der Waals surface area contributed by atoms with Crippen LogP contribution >= 0.6 is 0 Å². The van der Waals surface area contributed by atoms with E-state index in [1.165, 1.54) is 5.56 Å². The second-order valence-electron chi connectivity index (χ2n) is 9.15. The number of anilines is 2. The lowest BCUT2D eigenvalue weighted by Gasteiger charge is -2.32. The molecule has 174 valence electrons. The van der Waals surface area contributed by atoms with Crippen LogP contribution in [0.1, 0.15) is 30.4 Å². The number of ether oxygens (including phenoxy) is 1. The van der Waals surface area contributed by atoms with Gasteiger partial charge in [0.15, 0.2) is 0 Å². The minimum atomic E-state index is -0.621. The number of hydrogen-bond acceptors (Lipinski definition) is 6. The summed E-state index contributed by atoms with van der Waals surface area (Å²) in [6, 6.07) is 22.1. The molecule has 6 nitrogen and oxygen atoms in total. The van der Waals surface area contributed by atoms with Crippen molar-refractivity contribution >= 4 is 22.4 Å². The van der Waals surface area contributed by atoms with Crippen LogP contribution in [0.15, 0.2) is 73.1 Å². The third kappa shape index (κ3) is 5.35. The Hall–Kier alpha value is -3.48. The van der Waals surface area contributed by atoms with Crippen molar-refractivity contribution in [2.24, 2.45) is 0 Å². The van der Waals surface area contributed by atoms with E-state index in [1.54, 1.807) is 6.33 Å². The van der Waals surface area contributed by atoms with Gasteiger partial charge in [-0.1, -0.05) is 18.2 Å². The number of nitrogens with zero attached hydrogens (tertiary/aromatic N) is 2. The molecule has 1 aliphatic rings. The van der Waals surface area contributed by atoms with Crippen LogP contribution < -0.4 is 15.4 Å². The first kappa shape index (κ1) is 22.3. The molecule has 0 saturated carbocycles. The molecule has 0 amide bonds. The summed E-state index contributed by atoms with van der Waals surface area (Å²) in [5.41, 5.74) is 3.52. The van der Waals surface area contributed by atoms with Crippen LogP contribution in [0.25, 0.3) is 10.9 Å². The Bertz CT molecular complexity index is 1270. The van der Waals surface area contributed by atoms with E-state index in [9.17, 15) is 5.11 Å². The van der Waals surface area contributed by atoms with Gasteiger partial charge in [0.2, 0.25) is 0 Å². The topological polar surface area (TPSA) is 79.3 Å². The highest BCUT2D eigenvalue weighted by Crippen LogP contribution is 2.29. The van der Waals surface area contributed by atoms with E-state index in [2.05, 4.69) is 32.7 Å². The molecule has 2 heterocycles. The highest BCUT2D eigenvalue weighted by Gasteiger charge is 2.28. The van der Waals surface area contributed by atoms with Crippen molar-refractivity contribution in [1.29, 1.82) is 0 Å². The molecule has 1 saturated heterocycles. The smallest absolute Gasteiger partial charge is 0.141 e. The molecule has 4 aromatic rings. The number of aliphatic hydroxyl groups is 1. The molecule has 34 heavy (non-hydrogen) atoms. The standard InChI is InChI=1S/C28H30N4O2/c1-20-4-2-5-24(16-20)34-23-9-7-22(8-10-23)32-27-25-17-21(6-11-26(25)30-19-31-27)12-14-28(33)13-3-15-29-18-28/h2,4-11,16-17,19,29,33H,3,12-15,18H2,1H3,(H,30,31,32). The molecular weight excluding hydrogens is 424 g/mol.